The van der Waals surface area contributed by atoms with Crippen molar-refractivity contribution in [2.24, 2.45) is 5.92 Å². The summed E-state index contributed by atoms with van der Waals surface area (Å²) in [6, 6.07) is 0. The molecule has 0 saturated carbocycles. The Kier molecular flexibility index (Phi) is 11.6. The quantitative estimate of drug-likeness (QED) is 0.739. The SMILES string of the molecule is CCCC(C)C.CCCN(C)CC1CN(C)CCO1. The first kappa shape index (κ1) is 18.9. The smallest absolute Gasteiger partial charge is 0.0829 e. The lowest BCUT2D eigenvalue weighted by molar-refractivity contribution is -0.0324. The number of nitrogens with zero attached hydrogens (tertiary/aromatic N) is 2. The monoisotopic (exact) mass is 272 g/mol. The average Bonchev–Trinajstić information content (AvgIpc) is 2.29. The van der Waals surface area contributed by atoms with E-state index in [4.69, 9.17) is 4.74 Å². The first-order valence-corrected chi connectivity index (χ1v) is 7.98. The van der Waals surface area contributed by atoms with Crippen LogP contribution in [0.4, 0.5) is 0 Å². The summed E-state index contributed by atoms with van der Waals surface area (Å²) >= 11 is 0. The summed E-state index contributed by atoms with van der Waals surface area (Å²) in [5, 5.41) is 0. The maximum atomic E-state index is 5.68. The summed E-state index contributed by atoms with van der Waals surface area (Å²) in [7, 11) is 4.33. The maximum Gasteiger partial charge on any atom is 0.0829 e. The van der Waals surface area contributed by atoms with Gasteiger partial charge in [0.1, 0.15) is 0 Å². The van der Waals surface area contributed by atoms with Crippen LogP contribution in [0.2, 0.25) is 0 Å². The zero-order chi connectivity index (χ0) is 14.7. The maximum absolute atomic E-state index is 5.68. The molecule has 1 aliphatic heterocycles. The zero-order valence-electron chi connectivity index (χ0n) is 14.1. The molecule has 0 radical (unpaired) electrons. The predicted molar refractivity (Wildman–Crippen MR) is 84.8 cm³/mol. The molecule has 0 spiro atoms. The van der Waals surface area contributed by atoms with E-state index in [1.165, 1.54) is 25.8 Å². The number of morpholine rings is 1. The van der Waals surface area contributed by atoms with E-state index in [0.717, 1.165) is 32.2 Å². The summed E-state index contributed by atoms with van der Waals surface area (Å²) in [5.74, 6) is 0.898. The third-order valence-electron chi connectivity index (χ3n) is 3.33. The first-order chi connectivity index (χ1) is 8.99. The van der Waals surface area contributed by atoms with Crippen molar-refractivity contribution in [3.63, 3.8) is 0 Å². The van der Waals surface area contributed by atoms with Crippen molar-refractivity contribution in [1.29, 1.82) is 0 Å². The highest BCUT2D eigenvalue weighted by atomic mass is 16.5. The molecular weight excluding hydrogens is 236 g/mol. The van der Waals surface area contributed by atoms with E-state index in [-0.39, 0.29) is 0 Å². The third-order valence-corrected chi connectivity index (χ3v) is 3.33. The summed E-state index contributed by atoms with van der Waals surface area (Å²) in [5.41, 5.74) is 0. The van der Waals surface area contributed by atoms with Crippen LogP contribution in [0.15, 0.2) is 0 Å². The molecule has 0 aromatic carbocycles. The van der Waals surface area contributed by atoms with Gasteiger partial charge in [-0.05, 0) is 33.0 Å². The van der Waals surface area contributed by atoms with Gasteiger partial charge in [-0.15, -0.1) is 0 Å². The topological polar surface area (TPSA) is 15.7 Å². The van der Waals surface area contributed by atoms with Gasteiger partial charge in [-0.1, -0.05) is 40.5 Å². The Bertz CT molecular complexity index is 197. The van der Waals surface area contributed by atoms with Gasteiger partial charge in [-0.25, -0.2) is 0 Å². The Morgan fingerprint density at radius 1 is 1.26 bits per heavy atom. The molecule has 1 unspecified atom stereocenters. The standard InChI is InChI=1S/C10H22N2O.C6H14/c1-4-5-11(2)8-10-9-12(3)6-7-13-10;1-4-5-6(2)3/h10H,4-9H2,1-3H3;6H,4-5H2,1-3H3. The molecule has 1 rings (SSSR count). The fourth-order valence-electron chi connectivity index (χ4n) is 2.38. The minimum Gasteiger partial charge on any atom is -0.374 e. The molecule has 116 valence electrons. The average molecular weight is 272 g/mol. The van der Waals surface area contributed by atoms with Crippen LogP contribution in [-0.4, -0.2) is 62.8 Å². The van der Waals surface area contributed by atoms with Gasteiger partial charge in [0.05, 0.1) is 12.7 Å². The number of hydrogen-bond acceptors (Lipinski definition) is 3. The van der Waals surface area contributed by atoms with Crippen LogP contribution in [-0.2, 0) is 4.74 Å². The first-order valence-electron chi connectivity index (χ1n) is 7.98. The summed E-state index contributed by atoms with van der Waals surface area (Å²) < 4.78 is 5.68. The van der Waals surface area contributed by atoms with Crippen molar-refractivity contribution in [2.75, 3.05) is 46.9 Å². The van der Waals surface area contributed by atoms with Crippen molar-refractivity contribution < 1.29 is 4.74 Å². The molecule has 0 aromatic rings. The molecule has 1 heterocycles. The van der Waals surface area contributed by atoms with Crippen LogP contribution in [0.5, 0.6) is 0 Å². The Balaban J connectivity index is 0.000000459. The highest BCUT2D eigenvalue weighted by Gasteiger charge is 2.18. The third kappa shape index (κ3) is 11.4. The van der Waals surface area contributed by atoms with Crippen LogP contribution < -0.4 is 0 Å². The van der Waals surface area contributed by atoms with E-state index in [9.17, 15) is 0 Å². The second kappa shape index (κ2) is 11.7. The van der Waals surface area contributed by atoms with Crippen molar-refractivity contribution in [1.82, 2.24) is 9.80 Å². The molecule has 3 nitrogen and oxygen atoms in total. The number of likely N-dealkylation sites (N-methyl/N-ethyl adjacent to an activating group) is 2. The van der Waals surface area contributed by atoms with Gasteiger partial charge < -0.3 is 14.5 Å². The van der Waals surface area contributed by atoms with E-state index >= 15 is 0 Å². The van der Waals surface area contributed by atoms with Crippen LogP contribution in [0.3, 0.4) is 0 Å². The highest BCUT2D eigenvalue weighted by molar-refractivity contribution is 4.71. The Labute approximate surface area is 121 Å². The lowest BCUT2D eigenvalue weighted by Gasteiger charge is -2.32. The van der Waals surface area contributed by atoms with E-state index in [2.05, 4.69) is 51.6 Å². The summed E-state index contributed by atoms with van der Waals surface area (Å²) in [4.78, 5) is 4.69. The van der Waals surface area contributed by atoms with Crippen LogP contribution in [0, 0.1) is 5.92 Å². The minimum atomic E-state index is 0.412. The van der Waals surface area contributed by atoms with E-state index in [0.29, 0.717) is 6.10 Å². The molecule has 1 fully saturated rings. The second-order valence-electron chi connectivity index (χ2n) is 6.20. The Morgan fingerprint density at radius 2 is 1.95 bits per heavy atom. The van der Waals surface area contributed by atoms with Gasteiger partial charge in [0, 0.05) is 19.6 Å². The molecule has 1 aliphatic rings. The number of hydrogen-bond donors (Lipinski definition) is 0. The predicted octanol–water partition coefficient (Wildman–Crippen LogP) is 3.10. The molecule has 0 N–H and O–H groups in total. The molecule has 0 aromatic heterocycles. The van der Waals surface area contributed by atoms with E-state index in [1.54, 1.807) is 0 Å². The van der Waals surface area contributed by atoms with Gasteiger partial charge in [0.25, 0.3) is 0 Å². The normalized spacial score (nSPS) is 20.5. The summed E-state index contributed by atoms with van der Waals surface area (Å²) in [6.07, 6.45) is 4.34. The molecular formula is C16H36N2O. The second-order valence-corrected chi connectivity index (χ2v) is 6.20. The van der Waals surface area contributed by atoms with E-state index in [1.807, 2.05) is 0 Å². The van der Waals surface area contributed by atoms with Gasteiger partial charge in [0.2, 0.25) is 0 Å². The molecule has 3 heteroatoms. The fourth-order valence-corrected chi connectivity index (χ4v) is 2.38. The van der Waals surface area contributed by atoms with Gasteiger partial charge in [-0.3, -0.25) is 0 Å². The van der Waals surface area contributed by atoms with Crippen molar-refractivity contribution in [3.8, 4) is 0 Å². The van der Waals surface area contributed by atoms with Crippen molar-refractivity contribution in [2.45, 2.75) is 53.1 Å². The zero-order valence-corrected chi connectivity index (χ0v) is 14.1. The molecule has 0 amide bonds. The Morgan fingerprint density at radius 3 is 2.37 bits per heavy atom. The van der Waals surface area contributed by atoms with Gasteiger partial charge >= 0.3 is 0 Å². The Hall–Kier alpha value is -0.120. The molecule has 1 atom stereocenters. The largest absolute Gasteiger partial charge is 0.374 e. The van der Waals surface area contributed by atoms with Crippen molar-refractivity contribution >= 4 is 0 Å². The van der Waals surface area contributed by atoms with Crippen molar-refractivity contribution in [3.05, 3.63) is 0 Å². The lowest BCUT2D eigenvalue weighted by Crippen LogP contribution is -2.45. The van der Waals surface area contributed by atoms with Crippen LogP contribution in [0.1, 0.15) is 47.0 Å². The molecule has 19 heavy (non-hydrogen) atoms. The minimum absolute atomic E-state index is 0.412. The molecule has 1 saturated heterocycles. The molecule has 0 bridgehead atoms. The number of ether oxygens (including phenoxy) is 1. The summed E-state index contributed by atoms with van der Waals surface area (Å²) in [6.45, 7) is 14.2. The number of rotatable bonds is 6. The van der Waals surface area contributed by atoms with Gasteiger partial charge in [-0.2, -0.15) is 0 Å². The lowest BCUT2D eigenvalue weighted by atomic mass is 10.1. The van der Waals surface area contributed by atoms with Crippen LogP contribution >= 0.6 is 0 Å². The fraction of sp³-hybridized carbons (Fsp3) is 1.00. The van der Waals surface area contributed by atoms with Crippen LogP contribution in [0.25, 0.3) is 0 Å². The molecule has 0 aliphatic carbocycles. The van der Waals surface area contributed by atoms with E-state index < -0.39 is 0 Å². The van der Waals surface area contributed by atoms with Gasteiger partial charge in [0.15, 0.2) is 0 Å². The highest BCUT2D eigenvalue weighted by Crippen LogP contribution is 2.04.